The van der Waals surface area contributed by atoms with Gasteiger partial charge in [0.05, 0.1) is 12.0 Å². The van der Waals surface area contributed by atoms with E-state index in [9.17, 15) is 9.59 Å². The van der Waals surface area contributed by atoms with Crippen molar-refractivity contribution in [3.8, 4) is 11.5 Å². The predicted molar refractivity (Wildman–Crippen MR) is 95.8 cm³/mol. The first-order chi connectivity index (χ1) is 11.0. The largest absolute Gasteiger partial charge is 0.493 e. The molecule has 23 heavy (non-hydrogen) atoms. The number of rotatable bonds is 8. The van der Waals surface area contributed by atoms with E-state index in [2.05, 4.69) is 10.6 Å². The minimum Gasteiger partial charge on any atom is -0.493 e. The second kappa shape index (κ2) is 9.86. The zero-order valence-corrected chi connectivity index (χ0v) is 14.7. The Kier molecular flexibility index (Phi) is 8.14. The van der Waals surface area contributed by atoms with Crippen LogP contribution in [0.5, 0.6) is 11.5 Å². The van der Waals surface area contributed by atoms with E-state index >= 15 is 0 Å². The Morgan fingerprint density at radius 3 is 2.57 bits per heavy atom. The molecule has 0 atom stereocenters. The molecule has 0 heterocycles. The van der Waals surface area contributed by atoms with Crippen LogP contribution in [-0.2, 0) is 9.59 Å². The van der Waals surface area contributed by atoms with Gasteiger partial charge in [-0.1, -0.05) is 30.0 Å². The van der Waals surface area contributed by atoms with Crippen molar-refractivity contribution in [1.29, 1.82) is 0 Å². The van der Waals surface area contributed by atoms with Gasteiger partial charge < -0.3 is 20.1 Å². The third-order valence-electron chi connectivity index (χ3n) is 2.75. The molecule has 0 aliphatic carbocycles. The number of carbonyl (C=O) groups is 2. The summed E-state index contributed by atoms with van der Waals surface area (Å²) < 4.78 is 12.1. The number of hydrogen-bond acceptors (Lipinski definition) is 6. The van der Waals surface area contributed by atoms with Crippen LogP contribution in [0.4, 0.5) is 0 Å². The van der Waals surface area contributed by atoms with Gasteiger partial charge in [0.1, 0.15) is 0 Å². The maximum absolute atomic E-state index is 11.8. The van der Waals surface area contributed by atoms with Crippen molar-refractivity contribution in [2.45, 2.75) is 0 Å². The van der Waals surface area contributed by atoms with E-state index < -0.39 is 0 Å². The molecule has 6 nitrogen and oxygen atoms in total. The van der Waals surface area contributed by atoms with Crippen molar-refractivity contribution >= 4 is 46.6 Å². The van der Waals surface area contributed by atoms with E-state index in [0.717, 1.165) is 17.3 Å². The van der Waals surface area contributed by atoms with Crippen molar-refractivity contribution in [2.75, 3.05) is 27.8 Å². The summed E-state index contributed by atoms with van der Waals surface area (Å²) in [5.41, 5.74) is 0.747. The standard InChI is InChI=1S/C15H18N2O4S2/c1-16-14(18)8-21-11-5-4-10(6-12(11)20-3)7-13(23-9-22)15(19)17-2/h4-7,9H,8H2,1-3H3,(H,16,18)(H,17,19)/b13-7-. The molecule has 0 saturated heterocycles. The molecule has 0 bridgehead atoms. The lowest BCUT2D eigenvalue weighted by molar-refractivity contribution is -0.122. The van der Waals surface area contributed by atoms with Crippen LogP contribution >= 0.6 is 24.0 Å². The second-order valence-corrected chi connectivity index (χ2v) is 5.62. The summed E-state index contributed by atoms with van der Waals surface area (Å²) in [4.78, 5) is 23.5. The molecule has 1 rings (SSSR count). The first-order valence-electron chi connectivity index (χ1n) is 6.61. The fourth-order valence-electron chi connectivity index (χ4n) is 1.59. The molecule has 1 aromatic carbocycles. The van der Waals surface area contributed by atoms with E-state index in [1.54, 1.807) is 31.3 Å². The van der Waals surface area contributed by atoms with Gasteiger partial charge in [-0.3, -0.25) is 9.59 Å². The van der Waals surface area contributed by atoms with Gasteiger partial charge in [-0.2, -0.15) is 0 Å². The fraction of sp³-hybridized carbons (Fsp3) is 0.267. The Bertz CT molecular complexity index is 617. The lowest BCUT2D eigenvalue weighted by Crippen LogP contribution is -2.24. The number of thiocarbonyl (C=S) groups is 1. The van der Waals surface area contributed by atoms with Gasteiger partial charge >= 0.3 is 0 Å². The molecular weight excluding hydrogens is 336 g/mol. The van der Waals surface area contributed by atoms with Crippen LogP contribution in [-0.4, -0.2) is 44.3 Å². The molecule has 0 saturated carbocycles. The molecule has 0 fully saturated rings. The summed E-state index contributed by atoms with van der Waals surface area (Å²) in [5.74, 6) is 0.439. The van der Waals surface area contributed by atoms with Crippen LogP contribution in [0.2, 0.25) is 0 Å². The van der Waals surface area contributed by atoms with E-state index in [1.165, 1.54) is 18.9 Å². The lowest BCUT2D eigenvalue weighted by Gasteiger charge is -2.11. The average Bonchev–Trinajstić information content (AvgIpc) is 2.58. The molecular formula is C15H18N2O4S2. The Balaban J connectivity index is 3.03. The smallest absolute Gasteiger partial charge is 0.257 e. The first kappa shape index (κ1) is 19.0. The lowest BCUT2D eigenvalue weighted by atomic mass is 10.2. The van der Waals surface area contributed by atoms with Gasteiger partial charge in [-0.25, -0.2) is 0 Å². The number of thioether (sulfide) groups is 1. The molecule has 0 unspecified atom stereocenters. The van der Waals surface area contributed by atoms with Crippen molar-refractivity contribution in [1.82, 2.24) is 10.6 Å². The number of hydrogen-bond donors (Lipinski definition) is 2. The van der Waals surface area contributed by atoms with Crippen LogP contribution < -0.4 is 20.1 Å². The average molecular weight is 354 g/mol. The highest BCUT2D eigenvalue weighted by Gasteiger charge is 2.10. The summed E-state index contributed by atoms with van der Waals surface area (Å²) in [6.45, 7) is -0.105. The van der Waals surface area contributed by atoms with E-state index in [1.807, 2.05) is 0 Å². The van der Waals surface area contributed by atoms with Gasteiger partial charge in [-0.05, 0) is 23.8 Å². The molecule has 2 N–H and O–H groups in total. The minimum atomic E-state index is -0.240. The number of benzene rings is 1. The summed E-state index contributed by atoms with van der Waals surface area (Å²) >= 11 is 5.94. The Hall–Kier alpha value is -2.06. The highest BCUT2D eigenvalue weighted by Crippen LogP contribution is 2.29. The van der Waals surface area contributed by atoms with Crippen LogP contribution in [0, 0.1) is 0 Å². The van der Waals surface area contributed by atoms with Crippen molar-refractivity contribution < 1.29 is 19.1 Å². The summed E-state index contributed by atoms with van der Waals surface area (Å²) in [5, 5.41) is 5.02. The van der Waals surface area contributed by atoms with Gasteiger partial charge in [0.15, 0.2) is 18.1 Å². The Morgan fingerprint density at radius 1 is 1.26 bits per heavy atom. The molecule has 124 valence electrons. The van der Waals surface area contributed by atoms with E-state index in [0.29, 0.717) is 16.4 Å². The van der Waals surface area contributed by atoms with Gasteiger partial charge in [-0.15, -0.1) is 0 Å². The van der Waals surface area contributed by atoms with Crippen molar-refractivity contribution in [3.05, 3.63) is 28.7 Å². The zero-order chi connectivity index (χ0) is 17.2. The molecule has 8 heteroatoms. The third kappa shape index (κ3) is 5.91. The monoisotopic (exact) mass is 354 g/mol. The topological polar surface area (TPSA) is 76.7 Å². The molecule has 0 radical (unpaired) electrons. The number of methoxy groups -OCH3 is 1. The van der Waals surface area contributed by atoms with Crippen LogP contribution in [0.1, 0.15) is 5.56 Å². The molecule has 0 aliphatic rings. The van der Waals surface area contributed by atoms with E-state index in [4.69, 9.17) is 21.7 Å². The van der Waals surface area contributed by atoms with Gasteiger partial charge in [0.25, 0.3) is 11.8 Å². The van der Waals surface area contributed by atoms with Crippen LogP contribution in [0.15, 0.2) is 23.1 Å². The van der Waals surface area contributed by atoms with Gasteiger partial charge in [0.2, 0.25) is 0 Å². The Morgan fingerprint density at radius 2 is 2.00 bits per heavy atom. The number of likely N-dealkylation sites (N-methyl/N-ethyl adjacent to an activating group) is 2. The quantitative estimate of drug-likeness (QED) is 0.545. The predicted octanol–water partition coefficient (Wildman–Crippen LogP) is 1.60. The second-order valence-electron chi connectivity index (χ2n) is 4.17. The minimum absolute atomic E-state index is 0.105. The van der Waals surface area contributed by atoms with E-state index in [-0.39, 0.29) is 18.4 Å². The normalized spacial score (nSPS) is 10.7. The molecule has 0 aliphatic heterocycles. The third-order valence-corrected chi connectivity index (χ3v) is 3.69. The molecule has 1 aromatic rings. The Labute approximate surface area is 144 Å². The number of nitrogens with one attached hydrogen (secondary N) is 2. The van der Waals surface area contributed by atoms with Crippen molar-refractivity contribution in [3.63, 3.8) is 0 Å². The number of amides is 2. The van der Waals surface area contributed by atoms with Gasteiger partial charge in [0, 0.05) is 18.8 Å². The van der Waals surface area contributed by atoms with Crippen LogP contribution in [0.25, 0.3) is 6.08 Å². The zero-order valence-electron chi connectivity index (χ0n) is 13.0. The van der Waals surface area contributed by atoms with Crippen molar-refractivity contribution in [2.24, 2.45) is 0 Å². The summed E-state index contributed by atoms with van der Waals surface area (Å²) in [7, 11) is 4.59. The summed E-state index contributed by atoms with van der Waals surface area (Å²) in [6, 6.07) is 5.15. The van der Waals surface area contributed by atoms with Crippen LogP contribution in [0.3, 0.4) is 0 Å². The maximum Gasteiger partial charge on any atom is 0.257 e. The SMILES string of the molecule is CNC(=O)COc1ccc(/C=C(\SC=S)C(=O)NC)cc1OC. The highest BCUT2D eigenvalue weighted by molar-refractivity contribution is 8.24. The fourth-order valence-corrected chi connectivity index (χ4v) is 2.42. The maximum atomic E-state index is 11.8. The molecule has 2 amide bonds. The molecule has 0 aromatic heterocycles. The molecule has 0 spiro atoms. The first-order valence-corrected chi connectivity index (χ1v) is 7.96. The number of ether oxygens (including phenoxy) is 2. The highest BCUT2D eigenvalue weighted by atomic mass is 32.2. The number of carbonyl (C=O) groups excluding carboxylic acids is 2. The summed E-state index contributed by atoms with van der Waals surface area (Å²) in [6.07, 6.45) is 1.69.